The van der Waals surface area contributed by atoms with E-state index in [1.807, 2.05) is 12.1 Å². The van der Waals surface area contributed by atoms with Gasteiger partial charge in [0.15, 0.2) is 0 Å². The molecule has 0 aliphatic rings. The number of aryl methyl sites for hydroxylation is 1. The average molecular weight is 242 g/mol. The normalized spacial score (nSPS) is 10.9. The van der Waals surface area contributed by atoms with Crippen LogP contribution in [0.15, 0.2) is 42.5 Å². The third-order valence-electron chi connectivity index (χ3n) is 2.65. The van der Waals surface area contributed by atoms with Crippen LogP contribution in [0.3, 0.4) is 0 Å². The monoisotopic (exact) mass is 242 g/mol. The predicted molar refractivity (Wildman–Crippen MR) is 69.8 cm³/mol. The van der Waals surface area contributed by atoms with Crippen molar-refractivity contribution in [3.05, 3.63) is 53.8 Å². The Kier molecular flexibility index (Phi) is 2.41. The summed E-state index contributed by atoms with van der Waals surface area (Å²) in [6, 6.07) is 12.9. The van der Waals surface area contributed by atoms with Crippen molar-refractivity contribution in [2.45, 2.75) is 6.92 Å². The summed E-state index contributed by atoms with van der Waals surface area (Å²) in [6.07, 6.45) is 0. The van der Waals surface area contributed by atoms with E-state index in [1.165, 1.54) is 29.0 Å². The van der Waals surface area contributed by atoms with Gasteiger partial charge in [0, 0.05) is 5.56 Å². The molecular weight excluding hydrogens is 232 g/mol. The highest BCUT2D eigenvalue weighted by atomic mass is 32.1. The first-order valence-electron chi connectivity index (χ1n) is 5.35. The molecule has 3 aromatic rings. The molecular formula is C14H10FNS. The van der Waals surface area contributed by atoms with Gasteiger partial charge in [0.2, 0.25) is 0 Å². The molecule has 0 aliphatic carbocycles. The molecule has 1 nitrogen and oxygen atoms in total. The highest BCUT2D eigenvalue weighted by molar-refractivity contribution is 7.21. The summed E-state index contributed by atoms with van der Waals surface area (Å²) >= 11 is 1.52. The zero-order chi connectivity index (χ0) is 11.8. The van der Waals surface area contributed by atoms with Crippen LogP contribution in [0, 0.1) is 12.7 Å². The summed E-state index contributed by atoms with van der Waals surface area (Å²) in [4.78, 5) is 4.51. The molecule has 0 aliphatic heterocycles. The van der Waals surface area contributed by atoms with Crippen LogP contribution in [0.2, 0.25) is 0 Å². The molecule has 0 amide bonds. The van der Waals surface area contributed by atoms with E-state index in [0.717, 1.165) is 20.8 Å². The Morgan fingerprint density at radius 1 is 1.06 bits per heavy atom. The van der Waals surface area contributed by atoms with E-state index in [0.29, 0.717) is 0 Å². The molecule has 17 heavy (non-hydrogen) atoms. The average Bonchev–Trinajstić information content (AvgIpc) is 2.72. The van der Waals surface area contributed by atoms with Crippen molar-refractivity contribution in [2.75, 3.05) is 0 Å². The van der Waals surface area contributed by atoms with Gasteiger partial charge >= 0.3 is 0 Å². The molecule has 2 aromatic carbocycles. The Morgan fingerprint density at radius 3 is 2.59 bits per heavy atom. The second kappa shape index (κ2) is 3.93. The van der Waals surface area contributed by atoms with Crippen LogP contribution < -0.4 is 0 Å². The predicted octanol–water partition coefficient (Wildman–Crippen LogP) is 4.41. The quantitative estimate of drug-likeness (QED) is 0.616. The summed E-state index contributed by atoms with van der Waals surface area (Å²) in [6.45, 7) is 2.05. The molecule has 0 saturated heterocycles. The molecule has 0 atom stereocenters. The molecule has 0 spiro atoms. The number of thiazole rings is 1. The number of rotatable bonds is 1. The highest BCUT2D eigenvalue weighted by Gasteiger charge is 2.06. The van der Waals surface area contributed by atoms with Crippen LogP contribution >= 0.6 is 11.3 Å². The van der Waals surface area contributed by atoms with Crippen molar-refractivity contribution >= 4 is 21.6 Å². The maximum Gasteiger partial charge on any atom is 0.124 e. The lowest BCUT2D eigenvalue weighted by Gasteiger charge is -1.95. The van der Waals surface area contributed by atoms with Crippen LogP contribution in [-0.2, 0) is 0 Å². The molecule has 0 fully saturated rings. The maximum atomic E-state index is 13.1. The van der Waals surface area contributed by atoms with Gasteiger partial charge in [-0.25, -0.2) is 9.37 Å². The number of halogens is 1. The van der Waals surface area contributed by atoms with Gasteiger partial charge in [0.05, 0.1) is 10.2 Å². The SMILES string of the molecule is Cc1ccc(-c2nc3ccc([18F])cc3s2)cc1. The Balaban J connectivity index is 2.14. The fourth-order valence-electron chi connectivity index (χ4n) is 1.72. The van der Waals surface area contributed by atoms with Crippen LogP contribution in [0.4, 0.5) is 4.39 Å². The lowest BCUT2D eigenvalue weighted by molar-refractivity contribution is 0.630. The third-order valence-corrected chi connectivity index (χ3v) is 3.72. The van der Waals surface area contributed by atoms with Gasteiger partial charge in [-0.1, -0.05) is 29.8 Å². The summed E-state index contributed by atoms with van der Waals surface area (Å²) in [5.41, 5.74) is 3.16. The molecule has 0 bridgehead atoms. The van der Waals surface area contributed by atoms with Gasteiger partial charge in [0.1, 0.15) is 10.8 Å². The minimum atomic E-state index is -0.211. The van der Waals surface area contributed by atoms with Gasteiger partial charge in [-0.05, 0) is 25.1 Å². The van der Waals surface area contributed by atoms with Crippen molar-refractivity contribution in [3.8, 4) is 10.6 Å². The molecule has 3 rings (SSSR count). The Labute approximate surface area is 103 Å². The Hall–Kier alpha value is -1.74. The number of hydrogen-bond acceptors (Lipinski definition) is 2. The number of nitrogens with zero attached hydrogens (tertiary/aromatic N) is 1. The summed E-state index contributed by atoms with van der Waals surface area (Å²) < 4.78 is 14.0. The summed E-state index contributed by atoms with van der Waals surface area (Å²) in [5, 5.41) is 0.936. The van der Waals surface area contributed by atoms with Crippen LogP contribution in [-0.4, -0.2) is 4.98 Å². The number of fused-ring (bicyclic) bond motifs is 1. The van der Waals surface area contributed by atoms with Gasteiger partial charge in [-0.2, -0.15) is 0 Å². The number of hydrogen-bond donors (Lipinski definition) is 0. The zero-order valence-electron chi connectivity index (χ0n) is 9.27. The van der Waals surface area contributed by atoms with Crippen molar-refractivity contribution in [1.82, 2.24) is 4.98 Å². The number of aromatic nitrogens is 1. The number of benzene rings is 2. The fourth-order valence-corrected chi connectivity index (χ4v) is 2.71. The molecule has 1 heterocycles. The summed E-state index contributed by atoms with van der Waals surface area (Å²) in [5.74, 6) is -0.211. The van der Waals surface area contributed by atoms with Gasteiger partial charge < -0.3 is 0 Å². The second-order valence-electron chi connectivity index (χ2n) is 4.00. The molecule has 0 radical (unpaired) electrons. The maximum absolute atomic E-state index is 13.1. The lowest BCUT2D eigenvalue weighted by atomic mass is 10.2. The molecule has 3 heteroatoms. The van der Waals surface area contributed by atoms with Crippen molar-refractivity contribution in [1.29, 1.82) is 0 Å². The van der Waals surface area contributed by atoms with Crippen LogP contribution in [0.25, 0.3) is 20.8 Å². The van der Waals surface area contributed by atoms with Crippen molar-refractivity contribution < 1.29 is 4.39 Å². The molecule has 0 N–H and O–H groups in total. The Bertz CT molecular complexity index is 670. The van der Waals surface area contributed by atoms with Gasteiger partial charge in [0.25, 0.3) is 0 Å². The molecule has 0 unspecified atom stereocenters. The van der Waals surface area contributed by atoms with Crippen molar-refractivity contribution in [2.24, 2.45) is 0 Å². The first-order valence-corrected chi connectivity index (χ1v) is 6.17. The van der Waals surface area contributed by atoms with E-state index < -0.39 is 0 Å². The van der Waals surface area contributed by atoms with E-state index in [1.54, 1.807) is 6.07 Å². The second-order valence-corrected chi connectivity index (χ2v) is 5.03. The van der Waals surface area contributed by atoms with E-state index >= 15 is 0 Å². The standard InChI is InChI=1S/C14H10FNS/c1-9-2-4-10(5-3-9)14-16-12-7-6-11(15)8-13(12)17-14/h2-8H,1H3/i15-1. The highest BCUT2D eigenvalue weighted by Crippen LogP contribution is 2.30. The van der Waals surface area contributed by atoms with Gasteiger partial charge in [-0.15, -0.1) is 11.3 Å². The molecule has 1 aromatic heterocycles. The van der Waals surface area contributed by atoms with Crippen LogP contribution in [0.5, 0.6) is 0 Å². The minimum absolute atomic E-state index is 0.211. The zero-order valence-corrected chi connectivity index (χ0v) is 10.1. The van der Waals surface area contributed by atoms with Gasteiger partial charge in [-0.3, -0.25) is 0 Å². The van der Waals surface area contributed by atoms with E-state index in [-0.39, 0.29) is 5.82 Å². The van der Waals surface area contributed by atoms with E-state index in [2.05, 4.69) is 24.0 Å². The molecule has 84 valence electrons. The summed E-state index contributed by atoms with van der Waals surface area (Å²) in [7, 11) is 0. The topological polar surface area (TPSA) is 12.9 Å². The largest absolute Gasteiger partial charge is 0.236 e. The smallest absolute Gasteiger partial charge is 0.124 e. The minimum Gasteiger partial charge on any atom is -0.236 e. The lowest BCUT2D eigenvalue weighted by Crippen LogP contribution is -1.76. The van der Waals surface area contributed by atoms with Crippen LogP contribution in [0.1, 0.15) is 5.56 Å². The van der Waals surface area contributed by atoms with E-state index in [4.69, 9.17) is 0 Å². The first-order chi connectivity index (χ1) is 8.22. The van der Waals surface area contributed by atoms with E-state index in [9.17, 15) is 4.39 Å². The molecule has 0 saturated carbocycles. The van der Waals surface area contributed by atoms with Crippen molar-refractivity contribution in [3.63, 3.8) is 0 Å². The fraction of sp³-hybridized carbons (Fsp3) is 0.0714. The Morgan fingerprint density at radius 2 is 1.82 bits per heavy atom. The first kappa shape index (κ1) is 10.4. The third kappa shape index (κ3) is 1.94.